The van der Waals surface area contributed by atoms with Gasteiger partial charge in [-0.15, -0.1) is 11.8 Å². The largest absolute Gasteiger partial charge is 0.329 e. The van der Waals surface area contributed by atoms with Crippen LogP contribution in [0.3, 0.4) is 0 Å². The number of rotatable bonds is 3. The number of thioether (sulfide) groups is 1. The molecule has 0 radical (unpaired) electrons. The van der Waals surface area contributed by atoms with E-state index < -0.39 is 0 Å². The van der Waals surface area contributed by atoms with Crippen molar-refractivity contribution in [3.8, 4) is 0 Å². The van der Waals surface area contributed by atoms with Crippen molar-refractivity contribution in [2.75, 3.05) is 6.54 Å². The first kappa shape index (κ1) is 11.1. The Labute approximate surface area is 109 Å². The Morgan fingerprint density at radius 1 is 1.31 bits per heavy atom. The zero-order valence-electron chi connectivity index (χ0n) is 9.21. The molecule has 2 aliphatic carbocycles. The van der Waals surface area contributed by atoms with Gasteiger partial charge in [0, 0.05) is 20.7 Å². The van der Waals surface area contributed by atoms with Gasteiger partial charge in [0.1, 0.15) is 0 Å². The van der Waals surface area contributed by atoms with Crippen LogP contribution in [0.25, 0.3) is 0 Å². The normalized spacial score (nSPS) is 24.1. The first-order valence-corrected chi connectivity index (χ1v) is 7.41. The minimum Gasteiger partial charge on any atom is -0.329 e. The molecule has 2 aliphatic rings. The Kier molecular flexibility index (Phi) is 2.61. The Hall–Kier alpha value is 0.01000. The van der Waals surface area contributed by atoms with Crippen molar-refractivity contribution in [1.82, 2.24) is 0 Å². The van der Waals surface area contributed by atoms with Crippen LogP contribution in [0.1, 0.15) is 25.7 Å². The zero-order chi connectivity index (χ0) is 11.2. The second-order valence-corrected chi connectivity index (χ2v) is 7.76. The Balaban J connectivity index is 1.73. The van der Waals surface area contributed by atoms with Crippen molar-refractivity contribution in [2.24, 2.45) is 11.1 Å². The Bertz CT molecular complexity index is 406. The SMILES string of the molecule is NCC1(Sc2cccc(Br)c2)CC2(CC2)C1. The minimum atomic E-state index is 0.331. The van der Waals surface area contributed by atoms with Crippen LogP contribution in [0.2, 0.25) is 0 Å². The van der Waals surface area contributed by atoms with Crippen LogP contribution in [-0.2, 0) is 0 Å². The molecule has 0 unspecified atom stereocenters. The number of hydrogen-bond donors (Lipinski definition) is 1. The van der Waals surface area contributed by atoms with Crippen molar-refractivity contribution in [2.45, 2.75) is 35.3 Å². The van der Waals surface area contributed by atoms with Crippen molar-refractivity contribution in [3.05, 3.63) is 28.7 Å². The van der Waals surface area contributed by atoms with Crippen LogP contribution in [0.5, 0.6) is 0 Å². The van der Waals surface area contributed by atoms with E-state index in [1.54, 1.807) is 0 Å². The van der Waals surface area contributed by atoms with E-state index in [1.165, 1.54) is 30.6 Å². The summed E-state index contributed by atoms with van der Waals surface area (Å²) >= 11 is 5.50. The Morgan fingerprint density at radius 2 is 2.06 bits per heavy atom. The fourth-order valence-electron chi connectivity index (χ4n) is 2.88. The number of benzene rings is 1. The highest BCUT2D eigenvalue weighted by Crippen LogP contribution is 2.69. The zero-order valence-corrected chi connectivity index (χ0v) is 11.6. The van der Waals surface area contributed by atoms with Crippen molar-refractivity contribution in [1.29, 1.82) is 0 Å². The molecule has 2 fully saturated rings. The molecule has 2 saturated carbocycles. The van der Waals surface area contributed by atoms with Gasteiger partial charge in [-0.05, 0) is 49.3 Å². The van der Waals surface area contributed by atoms with Crippen LogP contribution < -0.4 is 5.73 Å². The summed E-state index contributed by atoms with van der Waals surface area (Å²) in [4.78, 5) is 1.34. The molecule has 86 valence electrons. The first-order chi connectivity index (χ1) is 7.65. The predicted octanol–water partition coefficient (Wildman–Crippen LogP) is 3.81. The maximum Gasteiger partial charge on any atom is 0.0339 e. The van der Waals surface area contributed by atoms with E-state index in [-0.39, 0.29) is 0 Å². The fourth-order valence-corrected chi connectivity index (χ4v) is 5.11. The molecule has 0 saturated heterocycles. The molecule has 0 heterocycles. The maximum atomic E-state index is 5.97. The summed E-state index contributed by atoms with van der Waals surface area (Å²) in [7, 11) is 0. The van der Waals surface area contributed by atoms with Gasteiger partial charge in [0.25, 0.3) is 0 Å². The average molecular weight is 298 g/mol. The smallest absolute Gasteiger partial charge is 0.0339 e. The number of hydrogen-bond acceptors (Lipinski definition) is 2. The van der Waals surface area contributed by atoms with E-state index in [9.17, 15) is 0 Å². The van der Waals surface area contributed by atoms with E-state index in [0.29, 0.717) is 4.75 Å². The number of nitrogens with two attached hydrogens (primary N) is 1. The summed E-state index contributed by atoms with van der Waals surface area (Å²) in [6, 6.07) is 8.55. The predicted molar refractivity (Wildman–Crippen MR) is 72.7 cm³/mol. The summed E-state index contributed by atoms with van der Waals surface area (Å²) in [5, 5.41) is 0. The summed E-state index contributed by atoms with van der Waals surface area (Å²) in [5.74, 6) is 0. The third kappa shape index (κ3) is 1.93. The molecule has 3 rings (SSSR count). The molecular weight excluding hydrogens is 282 g/mol. The summed E-state index contributed by atoms with van der Waals surface area (Å²) in [6.07, 6.45) is 5.53. The highest BCUT2D eigenvalue weighted by Gasteiger charge is 2.60. The molecule has 2 N–H and O–H groups in total. The van der Waals surface area contributed by atoms with Gasteiger partial charge in [0.05, 0.1) is 0 Å². The molecule has 1 spiro atoms. The molecule has 3 heteroatoms. The van der Waals surface area contributed by atoms with Crippen molar-refractivity contribution >= 4 is 27.7 Å². The molecule has 0 amide bonds. The van der Waals surface area contributed by atoms with E-state index in [1.807, 2.05) is 11.8 Å². The van der Waals surface area contributed by atoms with Gasteiger partial charge in [0.2, 0.25) is 0 Å². The van der Waals surface area contributed by atoms with E-state index in [0.717, 1.165) is 16.4 Å². The number of halogens is 1. The third-order valence-corrected chi connectivity index (χ3v) is 5.73. The van der Waals surface area contributed by atoms with Gasteiger partial charge < -0.3 is 5.73 Å². The molecule has 0 aliphatic heterocycles. The van der Waals surface area contributed by atoms with Crippen LogP contribution in [0.15, 0.2) is 33.6 Å². The lowest BCUT2D eigenvalue weighted by molar-refractivity contribution is 0.210. The Morgan fingerprint density at radius 3 is 2.62 bits per heavy atom. The topological polar surface area (TPSA) is 26.0 Å². The summed E-state index contributed by atoms with van der Waals surface area (Å²) < 4.78 is 1.49. The van der Waals surface area contributed by atoms with E-state index in [2.05, 4.69) is 40.2 Å². The molecule has 1 nitrogen and oxygen atoms in total. The highest BCUT2D eigenvalue weighted by molar-refractivity contribution is 9.10. The summed E-state index contributed by atoms with van der Waals surface area (Å²) in [6.45, 7) is 0.811. The molecule has 16 heavy (non-hydrogen) atoms. The standard InChI is InChI=1S/C13H16BrNS/c14-10-2-1-3-11(6-10)16-13(9-15)7-12(8-13)4-5-12/h1-3,6H,4-5,7-9,15H2. The third-order valence-electron chi connectivity index (χ3n) is 3.85. The second-order valence-electron chi connectivity index (χ2n) is 5.30. The average Bonchev–Trinajstić information content (AvgIpc) is 2.97. The lowest BCUT2D eigenvalue weighted by Gasteiger charge is -2.47. The van der Waals surface area contributed by atoms with Crippen molar-refractivity contribution < 1.29 is 0 Å². The van der Waals surface area contributed by atoms with Crippen LogP contribution in [0, 0.1) is 5.41 Å². The van der Waals surface area contributed by atoms with Gasteiger partial charge in [0.15, 0.2) is 0 Å². The first-order valence-electron chi connectivity index (χ1n) is 5.80. The van der Waals surface area contributed by atoms with E-state index in [4.69, 9.17) is 5.73 Å². The fraction of sp³-hybridized carbons (Fsp3) is 0.538. The highest BCUT2D eigenvalue weighted by atomic mass is 79.9. The van der Waals surface area contributed by atoms with Gasteiger partial charge >= 0.3 is 0 Å². The molecule has 0 bridgehead atoms. The monoisotopic (exact) mass is 297 g/mol. The minimum absolute atomic E-state index is 0.331. The van der Waals surface area contributed by atoms with Crippen LogP contribution >= 0.6 is 27.7 Å². The summed E-state index contributed by atoms with van der Waals surface area (Å²) in [5.41, 5.74) is 6.69. The maximum absolute atomic E-state index is 5.97. The van der Waals surface area contributed by atoms with Crippen LogP contribution in [-0.4, -0.2) is 11.3 Å². The molecule has 0 aromatic heterocycles. The molecule has 0 atom stereocenters. The van der Waals surface area contributed by atoms with Gasteiger partial charge in [-0.3, -0.25) is 0 Å². The molecule has 1 aromatic carbocycles. The quantitative estimate of drug-likeness (QED) is 0.918. The van der Waals surface area contributed by atoms with Crippen molar-refractivity contribution in [3.63, 3.8) is 0 Å². The molecule has 1 aromatic rings. The second kappa shape index (κ2) is 3.76. The van der Waals surface area contributed by atoms with Gasteiger partial charge in [-0.2, -0.15) is 0 Å². The van der Waals surface area contributed by atoms with Gasteiger partial charge in [-0.1, -0.05) is 22.0 Å². The van der Waals surface area contributed by atoms with Crippen LogP contribution in [0.4, 0.5) is 0 Å². The van der Waals surface area contributed by atoms with Gasteiger partial charge in [-0.25, -0.2) is 0 Å². The molecular formula is C13H16BrNS. The lowest BCUT2D eigenvalue weighted by Crippen LogP contribution is -2.48. The lowest BCUT2D eigenvalue weighted by atomic mass is 9.71. The van der Waals surface area contributed by atoms with E-state index >= 15 is 0 Å².